The smallest absolute Gasteiger partial charge is 0.161 e. The van der Waals surface area contributed by atoms with Gasteiger partial charge in [0.2, 0.25) is 0 Å². The second-order valence-corrected chi connectivity index (χ2v) is 2.99. The van der Waals surface area contributed by atoms with E-state index >= 15 is 0 Å². The molecule has 0 fully saturated rings. The van der Waals surface area contributed by atoms with Gasteiger partial charge in [-0.2, -0.15) is 5.26 Å². The second-order valence-electron chi connectivity index (χ2n) is 2.99. The maximum absolute atomic E-state index is 11.2. The van der Waals surface area contributed by atoms with Crippen molar-refractivity contribution in [2.45, 2.75) is 13.3 Å². The maximum Gasteiger partial charge on any atom is 0.161 e. The molecule has 0 aliphatic carbocycles. The van der Waals surface area contributed by atoms with Gasteiger partial charge in [-0.1, -0.05) is 11.8 Å². The molecule has 0 radical (unpaired) electrons. The van der Waals surface area contributed by atoms with E-state index < -0.39 is 0 Å². The number of benzene rings is 1. The number of anilines is 1. The third-order valence-electron chi connectivity index (χ3n) is 1.83. The van der Waals surface area contributed by atoms with Gasteiger partial charge in [0.15, 0.2) is 5.78 Å². The van der Waals surface area contributed by atoms with E-state index in [9.17, 15) is 4.79 Å². The van der Waals surface area contributed by atoms with Crippen LogP contribution in [-0.2, 0) is 0 Å². The Morgan fingerprint density at radius 3 is 2.87 bits per heavy atom. The predicted molar refractivity (Wildman–Crippen MR) is 58.0 cm³/mol. The van der Waals surface area contributed by atoms with E-state index in [4.69, 9.17) is 11.0 Å². The number of Topliss-reactive ketones (excluding diaryl/α,β-unsaturated/α-hetero) is 1. The van der Waals surface area contributed by atoms with Gasteiger partial charge in [0.25, 0.3) is 0 Å². The van der Waals surface area contributed by atoms with E-state index in [0.29, 0.717) is 16.8 Å². The molecule has 0 atom stereocenters. The van der Waals surface area contributed by atoms with E-state index in [1.165, 1.54) is 6.92 Å². The molecule has 0 saturated carbocycles. The van der Waals surface area contributed by atoms with Crippen LogP contribution in [0.1, 0.15) is 29.3 Å². The number of nitrogen functional groups attached to an aromatic ring is 1. The highest BCUT2D eigenvalue weighted by atomic mass is 16.1. The van der Waals surface area contributed by atoms with E-state index in [1.54, 1.807) is 18.2 Å². The summed E-state index contributed by atoms with van der Waals surface area (Å²) in [5, 5.41) is 8.30. The fraction of sp³-hybridized carbons (Fsp3) is 0.167. The SMILES string of the molecule is CC(=O)c1cc(C#CCC#N)ccc1N. The Morgan fingerprint density at radius 1 is 1.53 bits per heavy atom. The van der Waals surface area contributed by atoms with Gasteiger partial charge >= 0.3 is 0 Å². The molecule has 0 saturated heterocycles. The van der Waals surface area contributed by atoms with Gasteiger partial charge in [0.1, 0.15) is 0 Å². The van der Waals surface area contributed by atoms with Gasteiger partial charge in [-0.15, -0.1) is 0 Å². The quantitative estimate of drug-likeness (QED) is 0.424. The molecule has 15 heavy (non-hydrogen) atoms. The van der Waals surface area contributed by atoms with Gasteiger partial charge in [0, 0.05) is 16.8 Å². The van der Waals surface area contributed by atoms with E-state index in [1.807, 2.05) is 6.07 Å². The van der Waals surface area contributed by atoms with Crippen LogP contribution in [0.15, 0.2) is 18.2 Å². The van der Waals surface area contributed by atoms with Gasteiger partial charge in [-0.25, -0.2) is 0 Å². The summed E-state index contributed by atoms with van der Waals surface area (Å²) >= 11 is 0. The lowest BCUT2D eigenvalue weighted by Crippen LogP contribution is -1.99. The van der Waals surface area contributed by atoms with Gasteiger partial charge in [0.05, 0.1) is 12.5 Å². The zero-order chi connectivity index (χ0) is 11.3. The van der Waals surface area contributed by atoms with Crippen LogP contribution < -0.4 is 5.73 Å². The van der Waals surface area contributed by atoms with Crippen molar-refractivity contribution in [1.29, 1.82) is 5.26 Å². The molecular formula is C12H10N2O. The Kier molecular flexibility index (Phi) is 3.49. The molecule has 3 heteroatoms. The number of nitrogens with zero attached hydrogens (tertiary/aromatic N) is 1. The summed E-state index contributed by atoms with van der Waals surface area (Å²) in [4.78, 5) is 11.2. The molecule has 0 amide bonds. The minimum Gasteiger partial charge on any atom is -0.398 e. The second kappa shape index (κ2) is 4.83. The third-order valence-corrected chi connectivity index (χ3v) is 1.83. The Bertz CT molecular complexity index is 487. The molecule has 0 unspecified atom stereocenters. The number of hydrogen-bond acceptors (Lipinski definition) is 3. The minimum absolute atomic E-state index is 0.0866. The fourth-order valence-corrected chi connectivity index (χ4v) is 1.12. The molecule has 1 aromatic carbocycles. The molecular weight excluding hydrogens is 188 g/mol. The van der Waals surface area contributed by atoms with Crippen LogP contribution in [0.3, 0.4) is 0 Å². The molecule has 3 nitrogen and oxygen atoms in total. The first-order chi connectivity index (χ1) is 7.15. The van der Waals surface area contributed by atoms with Crippen molar-refractivity contribution in [2.24, 2.45) is 0 Å². The summed E-state index contributed by atoms with van der Waals surface area (Å²) in [6, 6.07) is 6.94. The largest absolute Gasteiger partial charge is 0.398 e. The Labute approximate surface area is 88.5 Å². The van der Waals surface area contributed by atoms with Crippen molar-refractivity contribution < 1.29 is 4.79 Å². The molecule has 74 valence electrons. The molecule has 0 aliphatic rings. The molecule has 1 aromatic rings. The number of ketones is 1. The van der Waals surface area contributed by atoms with Crippen LogP contribution >= 0.6 is 0 Å². The van der Waals surface area contributed by atoms with Crippen LogP contribution in [0.25, 0.3) is 0 Å². The summed E-state index contributed by atoms with van der Waals surface area (Å²) in [6.45, 7) is 1.46. The number of carbonyl (C=O) groups is 1. The van der Waals surface area contributed by atoms with E-state index in [2.05, 4.69) is 11.8 Å². The van der Waals surface area contributed by atoms with Crippen molar-refractivity contribution in [1.82, 2.24) is 0 Å². The average molecular weight is 198 g/mol. The van der Waals surface area contributed by atoms with Crippen molar-refractivity contribution in [3.05, 3.63) is 29.3 Å². The Morgan fingerprint density at radius 2 is 2.27 bits per heavy atom. The molecule has 0 heterocycles. The lowest BCUT2D eigenvalue weighted by atomic mass is 10.1. The molecule has 1 rings (SSSR count). The molecule has 2 N–H and O–H groups in total. The monoisotopic (exact) mass is 198 g/mol. The van der Waals surface area contributed by atoms with Crippen LogP contribution in [0.4, 0.5) is 5.69 Å². The van der Waals surface area contributed by atoms with Crippen molar-refractivity contribution >= 4 is 11.5 Å². The number of rotatable bonds is 1. The number of hydrogen-bond donors (Lipinski definition) is 1. The van der Waals surface area contributed by atoms with Crippen LogP contribution in [-0.4, -0.2) is 5.78 Å². The summed E-state index contributed by atoms with van der Waals surface area (Å²) in [5.74, 6) is 5.37. The van der Waals surface area contributed by atoms with Crippen LogP contribution in [0.2, 0.25) is 0 Å². The van der Waals surface area contributed by atoms with Crippen molar-refractivity contribution in [3.63, 3.8) is 0 Å². The summed E-state index contributed by atoms with van der Waals surface area (Å²) < 4.78 is 0. The molecule has 0 aliphatic heterocycles. The first kappa shape index (κ1) is 10.8. The van der Waals surface area contributed by atoms with Crippen molar-refractivity contribution in [2.75, 3.05) is 5.73 Å². The first-order valence-corrected chi connectivity index (χ1v) is 4.41. The lowest BCUT2D eigenvalue weighted by Gasteiger charge is -2.01. The lowest BCUT2D eigenvalue weighted by molar-refractivity contribution is 0.101. The number of nitrogens with two attached hydrogens (primary N) is 1. The molecule has 0 spiro atoms. The molecule has 0 bridgehead atoms. The minimum atomic E-state index is -0.0866. The summed E-state index contributed by atoms with van der Waals surface area (Å²) in [5.41, 5.74) is 7.25. The topological polar surface area (TPSA) is 66.9 Å². The number of carbonyl (C=O) groups excluding carboxylic acids is 1. The third kappa shape index (κ3) is 2.86. The standard InChI is InChI=1S/C12H10N2O/c1-9(15)11-8-10(4-2-3-7-13)5-6-12(11)14/h5-6,8H,3,14H2,1H3. The Balaban J connectivity index is 3.05. The maximum atomic E-state index is 11.2. The zero-order valence-electron chi connectivity index (χ0n) is 8.37. The highest BCUT2D eigenvalue weighted by Crippen LogP contribution is 2.14. The highest BCUT2D eigenvalue weighted by Gasteiger charge is 2.04. The first-order valence-electron chi connectivity index (χ1n) is 4.41. The normalized spacial score (nSPS) is 8.53. The average Bonchev–Trinajstić information content (AvgIpc) is 2.20. The van der Waals surface area contributed by atoms with Crippen LogP contribution in [0.5, 0.6) is 0 Å². The highest BCUT2D eigenvalue weighted by molar-refractivity contribution is 5.99. The van der Waals surface area contributed by atoms with E-state index in [0.717, 1.165) is 0 Å². The number of nitriles is 1. The summed E-state index contributed by atoms with van der Waals surface area (Å²) in [6.07, 6.45) is 0.180. The Hall–Kier alpha value is -2.26. The van der Waals surface area contributed by atoms with Gasteiger partial charge in [-0.3, -0.25) is 4.79 Å². The summed E-state index contributed by atoms with van der Waals surface area (Å²) in [7, 11) is 0. The predicted octanol–water partition coefficient (Wildman–Crippen LogP) is 1.74. The van der Waals surface area contributed by atoms with Crippen LogP contribution in [0, 0.1) is 23.2 Å². The zero-order valence-corrected chi connectivity index (χ0v) is 8.37. The van der Waals surface area contributed by atoms with Crippen molar-refractivity contribution in [3.8, 4) is 17.9 Å². The molecule has 0 aromatic heterocycles. The van der Waals surface area contributed by atoms with E-state index in [-0.39, 0.29) is 12.2 Å². The van der Waals surface area contributed by atoms with Gasteiger partial charge in [-0.05, 0) is 25.1 Å². The van der Waals surface area contributed by atoms with Gasteiger partial charge < -0.3 is 5.73 Å². The fourth-order valence-electron chi connectivity index (χ4n) is 1.12.